The highest BCUT2D eigenvalue weighted by Gasteiger charge is 2.18. The standard InChI is InChI=1S/C14H13NO4/c16-13(12-5-2-6-17-12)15-11-4-1-3-10(9-11)14-18-7-8-19-14/h1-6,9,14H,7-8H2,(H,15,16). The Labute approximate surface area is 110 Å². The summed E-state index contributed by atoms with van der Waals surface area (Å²) in [5.74, 6) is -0.00539. The van der Waals surface area contributed by atoms with Crippen LogP contribution in [0, 0.1) is 0 Å². The molecule has 3 rings (SSSR count). The number of furan rings is 1. The predicted octanol–water partition coefficient (Wildman–Crippen LogP) is 2.58. The van der Waals surface area contributed by atoms with Gasteiger partial charge in [-0.2, -0.15) is 0 Å². The number of rotatable bonds is 3. The van der Waals surface area contributed by atoms with Gasteiger partial charge in [-0.25, -0.2) is 0 Å². The lowest BCUT2D eigenvalue weighted by Gasteiger charge is -2.11. The fourth-order valence-corrected chi connectivity index (χ4v) is 1.91. The summed E-state index contributed by atoms with van der Waals surface area (Å²) >= 11 is 0. The summed E-state index contributed by atoms with van der Waals surface area (Å²) < 4.78 is 15.9. The van der Waals surface area contributed by atoms with Crippen molar-refractivity contribution < 1.29 is 18.7 Å². The number of hydrogen-bond donors (Lipinski definition) is 1. The number of carbonyl (C=O) groups excluding carboxylic acids is 1. The van der Waals surface area contributed by atoms with Gasteiger partial charge in [0, 0.05) is 11.3 Å². The maximum absolute atomic E-state index is 11.8. The van der Waals surface area contributed by atoms with E-state index >= 15 is 0 Å². The first-order valence-corrected chi connectivity index (χ1v) is 6.01. The fraction of sp³-hybridized carbons (Fsp3) is 0.214. The number of benzene rings is 1. The van der Waals surface area contributed by atoms with Crippen LogP contribution in [0.5, 0.6) is 0 Å². The first-order chi connectivity index (χ1) is 9.33. The van der Waals surface area contributed by atoms with Gasteiger partial charge in [0.05, 0.1) is 19.5 Å². The third-order valence-corrected chi connectivity index (χ3v) is 2.78. The third-order valence-electron chi connectivity index (χ3n) is 2.78. The van der Waals surface area contributed by atoms with Crippen molar-refractivity contribution in [3.63, 3.8) is 0 Å². The Morgan fingerprint density at radius 3 is 2.74 bits per heavy atom. The van der Waals surface area contributed by atoms with Crippen LogP contribution in [-0.2, 0) is 9.47 Å². The van der Waals surface area contributed by atoms with E-state index in [0.29, 0.717) is 18.9 Å². The molecule has 0 saturated carbocycles. The molecule has 0 aliphatic carbocycles. The monoisotopic (exact) mass is 259 g/mol. The molecular formula is C14H13NO4. The Balaban J connectivity index is 1.74. The lowest BCUT2D eigenvalue weighted by molar-refractivity contribution is -0.0440. The van der Waals surface area contributed by atoms with E-state index in [-0.39, 0.29) is 18.0 Å². The summed E-state index contributed by atoms with van der Waals surface area (Å²) in [4.78, 5) is 11.8. The van der Waals surface area contributed by atoms with Crippen molar-refractivity contribution in [3.8, 4) is 0 Å². The largest absolute Gasteiger partial charge is 0.459 e. The molecule has 19 heavy (non-hydrogen) atoms. The number of amides is 1. The second-order valence-electron chi connectivity index (χ2n) is 4.13. The maximum Gasteiger partial charge on any atom is 0.291 e. The Morgan fingerprint density at radius 2 is 2.00 bits per heavy atom. The van der Waals surface area contributed by atoms with Gasteiger partial charge in [0.25, 0.3) is 5.91 Å². The number of ether oxygens (including phenoxy) is 2. The third kappa shape index (κ3) is 2.67. The zero-order chi connectivity index (χ0) is 13.1. The second-order valence-corrected chi connectivity index (χ2v) is 4.13. The molecule has 1 N–H and O–H groups in total. The van der Waals surface area contributed by atoms with Gasteiger partial charge in [0.1, 0.15) is 0 Å². The molecular weight excluding hydrogens is 246 g/mol. The van der Waals surface area contributed by atoms with Crippen molar-refractivity contribution in [3.05, 3.63) is 54.0 Å². The van der Waals surface area contributed by atoms with E-state index in [1.807, 2.05) is 18.2 Å². The van der Waals surface area contributed by atoms with Gasteiger partial charge in [0.15, 0.2) is 12.1 Å². The molecule has 0 atom stereocenters. The summed E-state index contributed by atoms with van der Waals surface area (Å²) in [5, 5.41) is 2.76. The SMILES string of the molecule is O=C(Nc1cccc(C2OCCO2)c1)c1ccco1. The molecule has 0 unspecified atom stereocenters. The first-order valence-electron chi connectivity index (χ1n) is 6.01. The normalized spacial score (nSPS) is 15.6. The minimum absolute atomic E-state index is 0.277. The van der Waals surface area contributed by atoms with E-state index in [4.69, 9.17) is 13.9 Å². The molecule has 1 fully saturated rings. The molecule has 5 nitrogen and oxygen atoms in total. The number of nitrogens with one attached hydrogen (secondary N) is 1. The van der Waals surface area contributed by atoms with E-state index in [1.54, 1.807) is 18.2 Å². The molecule has 1 aliphatic rings. The Kier molecular flexibility index (Phi) is 3.31. The van der Waals surface area contributed by atoms with Crippen LogP contribution in [0.25, 0.3) is 0 Å². The number of anilines is 1. The van der Waals surface area contributed by atoms with Crippen LogP contribution in [0.4, 0.5) is 5.69 Å². The van der Waals surface area contributed by atoms with Crippen LogP contribution < -0.4 is 5.32 Å². The smallest absolute Gasteiger partial charge is 0.291 e. The van der Waals surface area contributed by atoms with Crippen LogP contribution >= 0.6 is 0 Å². The van der Waals surface area contributed by atoms with E-state index in [9.17, 15) is 4.79 Å². The van der Waals surface area contributed by atoms with Gasteiger partial charge < -0.3 is 19.2 Å². The molecule has 2 aromatic rings. The average Bonchev–Trinajstić information content (AvgIpc) is 3.13. The molecule has 1 aromatic carbocycles. The molecule has 98 valence electrons. The predicted molar refractivity (Wildman–Crippen MR) is 67.7 cm³/mol. The highest BCUT2D eigenvalue weighted by Crippen LogP contribution is 2.25. The van der Waals surface area contributed by atoms with Gasteiger partial charge in [-0.3, -0.25) is 4.79 Å². The molecule has 1 amide bonds. The van der Waals surface area contributed by atoms with Gasteiger partial charge >= 0.3 is 0 Å². The molecule has 0 spiro atoms. The van der Waals surface area contributed by atoms with E-state index in [1.165, 1.54) is 6.26 Å². The molecule has 1 aliphatic heterocycles. The second kappa shape index (κ2) is 5.26. The quantitative estimate of drug-likeness (QED) is 0.920. The van der Waals surface area contributed by atoms with Crippen molar-refractivity contribution in [1.29, 1.82) is 0 Å². The van der Waals surface area contributed by atoms with Crippen molar-refractivity contribution in [2.75, 3.05) is 18.5 Å². The Hall–Kier alpha value is -2.11. The van der Waals surface area contributed by atoms with E-state index in [0.717, 1.165) is 5.56 Å². The summed E-state index contributed by atoms with van der Waals surface area (Å²) in [6, 6.07) is 10.7. The summed E-state index contributed by atoms with van der Waals surface area (Å²) in [7, 11) is 0. The lowest BCUT2D eigenvalue weighted by atomic mass is 10.2. The maximum atomic E-state index is 11.8. The zero-order valence-corrected chi connectivity index (χ0v) is 10.2. The highest BCUT2D eigenvalue weighted by molar-refractivity contribution is 6.02. The fourth-order valence-electron chi connectivity index (χ4n) is 1.91. The van der Waals surface area contributed by atoms with Crippen molar-refractivity contribution in [2.45, 2.75) is 6.29 Å². The van der Waals surface area contributed by atoms with Crippen molar-refractivity contribution in [2.24, 2.45) is 0 Å². The molecule has 1 saturated heterocycles. The Morgan fingerprint density at radius 1 is 1.16 bits per heavy atom. The van der Waals surface area contributed by atoms with Crippen LogP contribution in [0.1, 0.15) is 22.4 Å². The number of hydrogen-bond acceptors (Lipinski definition) is 4. The zero-order valence-electron chi connectivity index (χ0n) is 10.2. The molecule has 0 radical (unpaired) electrons. The minimum atomic E-state index is -0.347. The topological polar surface area (TPSA) is 60.7 Å². The number of carbonyl (C=O) groups is 1. The molecule has 1 aromatic heterocycles. The molecule has 5 heteroatoms. The summed E-state index contributed by atoms with van der Waals surface area (Å²) in [5.41, 5.74) is 1.56. The first kappa shape index (κ1) is 12.0. The minimum Gasteiger partial charge on any atom is -0.459 e. The Bertz CT molecular complexity index is 559. The summed E-state index contributed by atoms with van der Waals surface area (Å²) in [6.45, 7) is 1.18. The van der Waals surface area contributed by atoms with Crippen molar-refractivity contribution in [1.82, 2.24) is 0 Å². The van der Waals surface area contributed by atoms with E-state index < -0.39 is 0 Å². The highest BCUT2D eigenvalue weighted by atomic mass is 16.7. The van der Waals surface area contributed by atoms with Gasteiger partial charge in [0.2, 0.25) is 0 Å². The van der Waals surface area contributed by atoms with Crippen molar-refractivity contribution >= 4 is 11.6 Å². The lowest BCUT2D eigenvalue weighted by Crippen LogP contribution is -2.11. The molecule has 2 heterocycles. The van der Waals surface area contributed by atoms with Crippen LogP contribution in [0.2, 0.25) is 0 Å². The van der Waals surface area contributed by atoms with Gasteiger partial charge in [-0.15, -0.1) is 0 Å². The van der Waals surface area contributed by atoms with Crippen LogP contribution in [0.3, 0.4) is 0 Å². The average molecular weight is 259 g/mol. The van der Waals surface area contributed by atoms with Crippen LogP contribution in [-0.4, -0.2) is 19.1 Å². The van der Waals surface area contributed by atoms with Gasteiger partial charge in [-0.05, 0) is 24.3 Å². The summed E-state index contributed by atoms with van der Waals surface area (Å²) in [6.07, 6.45) is 1.12. The molecule has 0 bridgehead atoms. The van der Waals surface area contributed by atoms with Gasteiger partial charge in [-0.1, -0.05) is 12.1 Å². The van der Waals surface area contributed by atoms with Crippen LogP contribution in [0.15, 0.2) is 47.1 Å². The van der Waals surface area contributed by atoms with E-state index in [2.05, 4.69) is 5.32 Å².